The molecule has 2 rings (SSSR count). The van der Waals surface area contributed by atoms with Crippen molar-refractivity contribution >= 4 is 11.6 Å². The third kappa shape index (κ3) is 1.06. The van der Waals surface area contributed by atoms with Crippen LogP contribution in [0.5, 0.6) is 0 Å². The maximum atomic E-state index is 6.23. The Morgan fingerprint density at radius 2 is 2.17 bits per heavy atom. The van der Waals surface area contributed by atoms with Crippen LogP contribution in [0.3, 0.4) is 0 Å². The van der Waals surface area contributed by atoms with Gasteiger partial charge in [-0.3, -0.25) is 0 Å². The minimum Gasteiger partial charge on any atom is -0.0837 e. The zero-order chi connectivity index (χ0) is 8.72. The predicted octanol–water partition coefficient (Wildman–Crippen LogP) is 3.70. The molecule has 0 radical (unpaired) electrons. The predicted molar refractivity (Wildman–Crippen MR) is 52.9 cm³/mol. The molecule has 1 aromatic rings. The minimum atomic E-state index is 0.660. The number of hydrogen-bond donors (Lipinski definition) is 0. The second-order valence-electron chi connectivity index (χ2n) is 3.71. The van der Waals surface area contributed by atoms with E-state index in [1.165, 1.54) is 29.5 Å². The fourth-order valence-electron chi connectivity index (χ4n) is 2.01. The van der Waals surface area contributed by atoms with E-state index in [9.17, 15) is 0 Å². The van der Waals surface area contributed by atoms with Crippen LogP contribution >= 0.6 is 11.6 Å². The van der Waals surface area contributed by atoms with Gasteiger partial charge in [0.15, 0.2) is 0 Å². The highest BCUT2D eigenvalue weighted by molar-refractivity contribution is 6.32. The van der Waals surface area contributed by atoms with Crippen molar-refractivity contribution in [3.8, 4) is 0 Å². The summed E-state index contributed by atoms with van der Waals surface area (Å²) in [4.78, 5) is 0. The molecule has 0 aliphatic heterocycles. The summed E-state index contributed by atoms with van der Waals surface area (Å²) in [7, 11) is 0. The summed E-state index contributed by atoms with van der Waals surface area (Å²) in [6.07, 6.45) is 2.47. The van der Waals surface area contributed by atoms with Gasteiger partial charge in [0.2, 0.25) is 0 Å². The monoisotopic (exact) mass is 180 g/mol. The summed E-state index contributed by atoms with van der Waals surface area (Å²) in [5, 5.41) is 0.998. The summed E-state index contributed by atoms with van der Waals surface area (Å²) in [6.45, 7) is 4.34. The van der Waals surface area contributed by atoms with Gasteiger partial charge in [0.1, 0.15) is 0 Å². The molecule has 1 aliphatic carbocycles. The number of fused-ring (bicyclic) bond motifs is 1. The first-order valence-electron chi connectivity index (χ1n) is 4.48. The third-order valence-corrected chi connectivity index (χ3v) is 3.30. The average molecular weight is 181 g/mol. The van der Waals surface area contributed by atoms with E-state index in [2.05, 4.69) is 26.0 Å². The van der Waals surface area contributed by atoms with Crippen LogP contribution in [0.4, 0.5) is 0 Å². The molecule has 1 unspecified atom stereocenters. The zero-order valence-electron chi connectivity index (χ0n) is 7.52. The summed E-state index contributed by atoms with van der Waals surface area (Å²) >= 11 is 6.23. The molecular formula is C11H13Cl. The molecule has 0 fully saturated rings. The van der Waals surface area contributed by atoms with Crippen molar-refractivity contribution in [3.05, 3.63) is 33.8 Å². The molecule has 0 saturated heterocycles. The van der Waals surface area contributed by atoms with E-state index in [4.69, 9.17) is 11.6 Å². The van der Waals surface area contributed by atoms with E-state index >= 15 is 0 Å². The SMILES string of the molecule is Cc1ccc2c(c1Cl)C(C)CC2. The molecule has 0 heterocycles. The highest BCUT2D eigenvalue weighted by atomic mass is 35.5. The quantitative estimate of drug-likeness (QED) is 0.571. The molecular weight excluding hydrogens is 168 g/mol. The fourth-order valence-corrected chi connectivity index (χ4v) is 2.38. The summed E-state index contributed by atoms with van der Waals surface area (Å²) in [5.41, 5.74) is 4.07. The number of halogens is 1. The normalized spacial score (nSPS) is 21.1. The largest absolute Gasteiger partial charge is 0.0837 e. The van der Waals surface area contributed by atoms with Gasteiger partial charge >= 0.3 is 0 Å². The number of hydrogen-bond acceptors (Lipinski definition) is 0. The molecule has 0 bridgehead atoms. The maximum Gasteiger partial charge on any atom is 0.0472 e. The van der Waals surface area contributed by atoms with Crippen molar-refractivity contribution in [2.45, 2.75) is 32.6 Å². The van der Waals surface area contributed by atoms with Crippen molar-refractivity contribution in [1.82, 2.24) is 0 Å². The van der Waals surface area contributed by atoms with Gasteiger partial charge in [-0.25, -0.2) is 0 Å². The first-order chi connectivity index (χ1) is 5.70. The lowest BCUT2D eigenvalue weighted by molar-refractivity contribution is 0.747. The molecule has 0 aromatic heterocycles. The molecule has 1 aromatic carbocycles. The Morgan fingerprint density at radius 1 is 1.42 bits per heavy atom. The van der Waals surface area contributed by atoms with Crippen LogP contribution in [0.1, 0.15) is 36.0 Å². The zero-order valence-corrected chi connectivity index (χ0v) is 8.28. The molecule has 0 amide bonds. The summed E-state index contributed by atoms with van der Waals surface area (Å²) < 4.78 is 0. The van der Waals surface area contributed by atoms with E-state index in [-0.39, 0.29) is 0 Å². The number of aryl methyl sites for hydroxylation is 2. The molecule has 0 saturated carbocycles. The first-order valence-corrected chi connectivity index (χ1v) is 4.86. The number of rotatable bonds is 0. The summed E-state index contributed by atoms with van der Waals surface area (Å²) in [5.74, 6) is 0.660. The van der Waals surface area contributed by atoms with Crippen LogP contribution in [0, 0.1) is 6.92 Å². The van der Waals surface area contributed by atoms with Crippen molar-refractivity contribution in [2.24, 2.45) is 0 Å². The molecule has 1 heteroatoms. The Hall–Kier alpha value is -0.490. The highest BCUT2D eigenvalue weighted by Gasteiger charge is 2.21. The van der Waals surface area contributed by atoms with Crippen molar-refractivity contribution in [1.29, 1.82) is 0 Å². The van der Waals surface area contributed by atoms with Gasteiger partial charge in [0, 0.05) is 5.02 Å². The molecule has 0 N–H and O–H groups in total. The van der Waals surface area contributed by atoms with Gasteiger partial charge in [-0.15, -0.1) is 0 Å². The van der Waals surface area contributed by atoms with Crippen LogP contribution in [0.15, 0.2) is 12.1 Å². The Labute approximate surface area is 78.6 Å². The Kier molecular flexibility index (Phi) is 1.88. The van der Waals surface area contributed by atoms with Crippen LogP contribution in [-0.2, 0) is 6.42 Å². The van der Waals surface area contributed by atoms with Gasteiger partial charge in [-0.05, 0) is 42.4 Å². The molecule has 12 heavy (non-hydrogen) atoms. The lowest BCUT2D eigenvalue weighted by atomic mass is 10.0. The lowest BCUT2D eigenvalue weighted by Gasteiger charge is -2.08. The molecule has 0 spiro atoms. The Balaban J connectivity index is 2.63. The maximum absolute atomic E-state index is 6.23. The van der Waals surface area contributed by atoms with Gasteiger partial charge in [0.25, 0.3) is 0 Å². The van der Waals surface area contributed by atoms with Crippen LogP contribution < -0.4 is 0 Å². The van der Waals surface area contributed by atoms with E-state index in [0.29, 0.717) is 5.92 Å². The van der Waals surface area contributed by atoms with Gasteiger partial charge in [-0.1, -0.05) is 30.7 Å². The van der Waals surface area contributed by atoms with Crippen LogP contribution in [0.2, 0.25) is 5.02 Å². The lowest BCUT2D eigenvalue weighted by Crippen LogP contribution is -1.90. The van der Waals surface area contributed by atoms with Crippen LogP contribution in [0.25, 0.3) is 0 Å². The van der Waals surface area contributed by atoms with Gasteiger partial charge in [0.05, 0.1) is 0 Å². The molecule has 1 aliphatic rings. The minimum absolute atomic E-state index is 0.660. The topological polar surface area (TPSA) is 0 Å². The summed E-state index contributed by atoms with van der Waals surface area (Å²) in [6, 6.07) is 4.35. The van der Waals surface area contributed by atoms with E-state index in [1.807, 2.05) is 0 Å². The second kappa shape index (κ2) is 2.77. The fraction of sp³-hybridized carbons (Fsp3) is 0.455. The average Bonchev–Trinajstić information content (AvgIpc) is 2.41. The Bertz CT molecular complexity index is 315. The van der Waals surface area contributed by atoms with Gasteiger partial charge < -0.3 is 0 Å². The smallest absolute Gasteiger partial charge is 0.0472 e. The van der Waals surface area contributed by atoms with E-state index in [0.717, 1.165) is 5.02 Å². The first kappa shape index (κ1) is 8.12. The number of benzene rings is 1. The van der Waals surface area contributed by atoms with E-state index in [1.54, 1.807) is 0 Å². The highest BCUT2D eigenvalue weighted by Crippen LogP contribution is 2.38. The van der Waals surface area contributed by atoms with Gasteiger partial charge in [-0.2, -0.15) is 0 Å². The van der Waals surface area contributed by atoms with Crippen LogP contribution in [-0.4, -0.2) is 0 Å². The molecule has 0 nitrogen and oxygen atoms in total. The van der Waals surface area contributed by atoms with Crippen molar-refractivity contribution < 1.29 is 0 Å². The third-order valence-electron chi connectivity index (χ3n) is 2.80. The van der Waals surface area contributed by atoms with Crippen molar-refractivity contribution in [3.63, 3.8) is 0 Å². The van der Waals surface area contributed by atoms with Crippen molar-refractivity contribution in [2.75, 3.05) is 0 Å². The standard InChI is InChI=1S/C11H13Cl/c1-7-3-5-9-6-4-8(2)11(12)10(7)9/h4,6-7H,3,5H2,1-2H3. The second-order valence-corrected chi connectivity index (χ2v) is 4.09. The molecule has 64 valence electrons. The van der Waals surface area contributed by atoms with E-state index < -0.39 is 0 Å². The Morgan fingerprint density at radius 3 is 2.92 bits per heavy atom. The molecule has 1 atom stereocenters.